The van der Waals surface area contributed by atoms with Gasteiger partial charge in [-0.1, -0.05) is 34.1 Å². The Morgan fingerprint density at radius 1 is 1.15 bits per heavy atom. The summed E-state index contributed by atoms with van der Waals surface area (Å²) in [5, 5.41) is 9.75. The van der Waals surface area contributed by atoms with Crippen LogP contribution < -0.4 is 9.47 Å². The molecular weight excluding hydrogens is 320 g/mol. The van der Waals surface area contributed by atoms with Crippen molar-refractivity contribution in [3.8, 4) is 11.5 Å². The molecule has 0 unspecified atom stereocenters. The highest BCUT2D eigenvalue weighted by Crippen LogP contribution is 2.29. The van der Waals surface area contributed by atoms with E-state index in [1.807, 2.05) is 42.5 Å². The highest BCUT2D eigenvalue weighted by Gasteiger charge is 2.10. The first-order chi connectivity index (χ1) is 9.60. The summed E-state index contributed by atoms with van der Waals surface area (Å²) < 4.78 is 11.8. The van der Waals surface area contributed by atoms with Crippen molar-refractivity contribution in [2.75, 3.05) is 7.11 Å². The molecule has 0 aliphatic carbocycles. The van der Waals surface area contributed by atoms with Crippen molar-refractivity contribution in [2.45, 2.75) is 19.6 Å². The second-order valence-corrected chi connectivity index (χ2v) is 5.41. The fourth-order valence-electron chi connectivity index (χ4n) is 1.86. The van der Waals surface area contributed by atoms with E-state index in [0.29, 0.717) is 12.4 Å². The van der Waals surface area contributed by atoms with Gasteiger partial charge in [0.1, 0.15) is 18.1 Å². The van der Waals surface area contributed by atoms with Crippen molar-refractivity contribution in [1.82, 2.24) is 0 Å². The van der Waals surface area contributed by atoms with Crippen LogP contribution in [-0.4, -0.2) is 12.2 Å². The van der Waals surface area contributed by atoms with E-state index in [-0.39, 0.29) is 0 Å². The van der Waals surface area contributed by atoms with Gasteiger partial charge < -0.3 is 14.6 Å². The van der Waals surface area contributed by atoms with Crippen molar-refractivity contribution >= 4 is 15.9 Å². The molecule has 0 amide bonds. The number of methoxy groups -OCH3 is 1. The quantitative estimate of drug-likeness (QED) is 0.893. The number of ether oxygens (including phenoxy) is 2. The fraction of sp³-hybridized carbons (Fsp3) is 0.250. The van der Waals surface area contributed by atoms with E-state index in [0.717, 1.165) is 21.3 Å². The van der Waals surface area contributed by atoms with Gasteiger partial charge in [0.2, 0.25) is 0 Å². The average Bonchev–Trinajstić information content (AvgIpc) is 2.45. The standard InChI is InChI=1S/C16H17BrO3/c1-11(18)15-8-5-13(17)9-16(15)20-10-12-3-6-14(19-2)7-4-12/h3-9,11,18H,10H2,1-2H3/t11-/m1/s1. The molecule has 2 aromatic rings. The van der Waals surface area contributed by atoms with Gasteiger partial charge in [0, 0.05) is 10.0 Å². The summed E-state index contributed by atoms with van der Waals surface area (Å²) >= 11 is 3.41. The molecule has 0 radical (unpaired) electrons. The molecule has 2 aromatic carbocycles. The highest BCUT2D eigenvalue weighted by molar-refractivity contribution is 9.10. The minimum absolute atomic E-state index is 0.445. The van der Waals surface area contributed by atoms with E-state index in [2.05, 4.69) is 15.9 Å². The Morgan fingerprint density at radius 2 is 1.85 bits per heavy atom. The predicted molar refractivity (Wildman–Crippen MR) is 82.1 cm³/mol. The smallest absolute Gasteiger partial charge is 0.126 e. The minimum Gasteiger partial charge on any atom is -0.497 e. The SMILES string of the molecule is COc1ccc(COc2cc(Br)ccc2[C@@H](C)O)cc1. The van der Waals surface area contributed by atoms with Crippen molar-refractivity contribution < 1.29 is 14.6 Å². The van der Waals surface area contributed by atoms with E-state index >= 15 is 0 Å². The zero-order chi connectivity index (χ0) is 14.5. The third-order valence-electron chi connectivity index (χ3n) is 2.98. The lowest BCUT2D eigenvalue weighted by Crippen LogP contribution is -2.01. The molecule has 2 rings (SSSR count). The maximum absolute atomic E-state index is 9.75. The van der Waals surface area contributed by atoms with Gasteiger partial charge in [-0.15, -0.1) is 0 Å². The Labute approximate surface area is 127 Å². The Morgan fingerprint density at radius 3 is 2.45 bits per heavy atom. The zero-order valence-corrected chi connectivity index (χ0v) is 13.1. The fourth-order valence-corrected chi connectivity index (χ4v) is 2.20. The average molecular weight is 337 g/mol. The molecule has 20 heavy (non-hydrogen) atoms. The first-order valence-corrected chi connectivity index (χ1v) is 7.12. The molecule has 3 nitrogen and oxygen atoms in total. The van der Waals surface area contributed by atoms with Gasteiger partial charge in [-0.2, -0.15) is 0 Å². The summed E-state index contributed by atoms with van der Waals surface area (Å²) in [7, 11) is 1.64. The summed E-state index contributed by atoms with van der Waals surface area (Å²) in [6.07, 6.45) is -0.561. The summed E-state index contributed by atoms with van der Waals surface area (Å²) in [5.41, 5.74) is 1.82. The molecule has 0 fully saturated rings. The van der Waals surface area contributed by atoms with Crippen molar-refractivity contribution in [2.24, 2.45) is 0 Å². The Kier molecular flexibility index (Phi) is 5.04. The molecule has 0 aliphatic heterocycles. The number of halogens is 1. The van der Waals surface area contributed by atoms with Crippen LogP contribution in [0.1, 0.15) is 24.2 Å². The number of aliphatic hydroxyl groups excluding tert-OH is 1. The molecule has 0 saturated heterocycles. The molecule has 1 N–H and O–H groups in total. The minimum atomic E-state index is -0.561. The normalized spacial score (nSPS) is 12.0. The molecule has 0 aromatic heterocycles. The zero-order valence-electron chi connectivity index (χ0n) is 11.5. The van der Waals surface area contributed by atoms with Gasteiger partial charge in [0.25, 0.3) is 0 Å². The van der Waals surface area contributed by atoms with Gasteiger partial charge in [-0.05, 0) is 36.8 Å². The van der Waals surface area contributed by atoms with E-state index in [1.54, 1.807) is 14.0 Å². The van der Waals surface area contributed by atoms with Gasteiger partial charge in [0.15, 0.2) is 0 Å². The van der Waals surface area contributed by atoms with Crippen LogP contribution in [0.2, 0.25) is 0 Å². The van der Waals surface area contributed by atoms with Gasteiger partial charge in [-0.25, -0.2) is 0 Å². The largest absolute Gasteiger partial charge is 0.497 e. The van der Waals surface area contributed by atoms with Gasteiger partial charge >= 0.3 is 0 Å². The van der Waals surface area contributed by atoms with Crippen LogP contribution in [0.15, 0.2) is 46.9 Å². The van der Waals surface area contributed by atoms with Crippen molar-refractivity contribution in [1.29, 1.82) is 0 Å². The summed E-state index contributed by atoms with van der Waals surface area (Å²) in [5.74, 6) is 1.51. The molecule has 0 bridgehead atoms. The van der Waals surface area contributed by atoms with E-state index in [4.69, 9.17) is 9.47 Å². The second kappa shape index (κ2) is 6.77. The third-order valence-corrected chi connectivity index (χ3v) is 3.47. The Hall–Kier alpha value is -1.52. The van der Waals surface area contributed by atoms with Crippen LogP contribution in [0.4, 0.5) is 0 Å². The van der Waals surface area contributed by atoms with Crippen molar-refractivity contribution in [3.63, 3.8) is 0 Å². The third kappa shape index (κ3) is 3.74. The number of hydrogen-bond donors (Lipinski definition) is 1. The number of hydrogen-bond acceptors (Lipinski definition) is 3. The van der Waals surface area contributed by atoms with E-state index in [9.17, 15) is 5.11 Å². The summed E-state index contributed by atoms with van der Waals surface area (Å²) in [6, 6.07) is 13.3. The van der Waals surface area contributed by atoms with Crippen LogP contribution >= 0.6 is 15.9 Å². The van der Waals surface area contributed by atoms with E-state index in [1.165, 1.54) is 0 Å². The molecule has 1 atom stereocenters. The maximum Gasteiger partial charge on any atom is 0.126 e. The lowest BCUT2D eigenvalue weighted by Gasteiger charge is -2.14. The predicted octanol–water partition coefficient (Wildman–Crippen LogP) is 4.09. The highest BCUT2D eigenvalue weighted by atomic mass is 79.9. The van der Waals surface area contributed by atoms with Gasteiger partial charge in [0.05, 0.1) is 13.2 Å². The second-order valence-electron chi connectivity index (χ2n) is 4.49. The summed E-state index contributed by atoms with van der Waals surface area (Å²) in [4.78, 5) is 0. The first-order valence-electron chi connectivity index (χ1n) is 6.33. The van der Waals surface area contributed by atoms with Crippen LogP contribution in [0.3, 0.4) is 0 Å². The Bertz CT molecular complexity index is 564. The van der Waals surface area contributed by atoms with Gasteiger partial charge in [-0.3, -0.25) is 0 Å². The molecule has 0 heterocycles. The number of benzene rings is 2. The monoisotopic (exact) mass is 336 g/mol. The van der Waals surface area contributed by atoms with E-state index < -0.39 is 6.10 Å². The molecule has 0 aliphatic rings. The Balaban J connectivity index is 2.11. The molecule has 4 heteroatoms. The van der Waals surface area contributed by atoms with Crippen molar-refractivity contribution in [3.05, 3.63) is 58.1 Å². The van der Waals surface area contributed by atoms with Crippen LogP contribution in [-0.2, 0) is 6.61 Å². The number of aliphatic hydroxyl groups is 1. The lowest BCUT2D eigenvalue weighted by molar-refractivity contribution is 0.190. The van der Waals surface area contributed by atoms with Crippen LogP contribution in [0, 0.1) is 0 Å². The number of rotatable bonds is 5. The molecule has 0 spiro atoms. The molecular formula is C16H17BrO3. The lowest BCUT2D eigenvalue weighted by atomic mass is 10.1. The van der Waals surface area contributed by atoms with Crippen LogP contribution in [0.25, 0.3) is 0 Å². The summed E-state index contributed by atoms with van der Waals surface area (Å²) in [6.45, 7) is 2.17. The topological polar surface area (TPSA) is 38.7 Å². The molecule has 0 saturated carbocycles. The first kappa shape index (κ1) is 14.9. The van der Waals surface area contributed by atoms with Crippen LogP contribution in [0.5, 0.6) is 11.5 Å². The molecule has 106 valence electrons. The maximum atomic E-state index is 9.75.